The summed E-state index contributed by atoms with van der Waals surface area (Å²) >= 11 is 0. The largest absolute Gasteiger partial charge is 0.489 e. The van der Waals surface area contributed by atoms with Crippen LogP contribution in [0.4, 0.5) is 0 Å². The molecular weight excluding hydrogens is 288 g/mol. The molecule has 0 fully saturated rings. The number of carboxylic acid groups (broad SMARTS) is 1. The van der Waals surface area contributed by atoms with Crippen LogP contribution in [0.3, 0.4) is 0 Å². The molecule has 5 atom stereocenters. The molecule has 0 aromatic heterocycles. The summed E-state index contributed by atoms with van der Waals surface area (Å²) in [6.07, 6.45) is 12.4. The van der Waals surface area contributed by atoms with Gasteiger partial charge in [-0.3, -0.25) is 4.79 Å². The van der Waals surface area contributed by atoms with E-state index in [1.54, 1.807) is 0 Å². The van der Waals surface area contributed by atoms with E-state index in [4.69, 9.17) is 9.84 Å². The molecule has 0 amide bonds. The molecular formula is C20H22O3. The highest BCUT2D eigenvalue weighted by atomic mass is 16.5. The summed E-state index contributed by atoms with van der Waals surface area (Å²) in [6.45, 7) is 0. The average Bonchev–Trinajstić information content (AvgIpc) is 2.93. The first-order valence-corrected chi connectivity index (χ1v) is 8.53. The maximum atomic E-state index is 11.0. The molecule has 1 aromatic rings. The highest BCUT2D eigenvalue weighted by Gasteiger charge is 2.43. The molecule has 0 saturated carbocycles. The topological polar surface area (TPSA) is 46.5 Å². The molecule has 0 saturated heterocycles. The Hall–Kier alpha value is -2.03. The number of aliphatic carboxylic acids is 1. The Morgan fingerprint density at radius 2 is 2.00 bits per heavy atom. The van der Waals surface area contributed by atoms with Gasteiger partial charge in [-0.2, -0.15) is 0 Å². The Bertz CT molecular complexity index is 661. The van der Waals surface area contributed by atoms with Gasteiger partial charge in [0.25, 0.3) is 0 Å². The first-order valence-electron chi connectivity index (χ1n) is 8.53. The van der Waals surface area contributed by atoms with Crippen molar-refractivity contribution >= 4 is 5.97 Å². The fraction of sp³-hybridized carbons (Fsp3) is 0.450. The van der Waals surface area contributed by atoms with Crippen molar-refractivity contribution in [1.82, 2.24) is 0 Å². The van der Waals surface area contributed by atoms with Crippen molar-refractivity contribution in [2.75, 3.05) is 0 Å². The number of allylic oxidation sites excluding steroid dienone is 3. The van der Waals surface area contributed by atoms with Crippen LogP contribution in [0.15, 0.2) is 48.6 Å². The molecule has 1 aromatic carbocycles. The smallest absolute Gasteiger partial charge is 0.303 e. The summed E-state index contributed by atoms with van der Waals surface area (Å²) in [5.41, 5.74) is 1.32. The number of rotatable bonds is 3. The van der Waals surface area contributed by atoms with E-state index in [9.17, 15) is 4.79 Å². The van der Waals surface area contributed by atoms with Gasteiger partial charge in [0, 0.05) is 24.3 Å². The zero-order chi connectivity index (χ0) is 15.8. The number of carboxylic acids is 1. The van der Waals surface area contributed by atoms with Crippen LogP contribution in [-0.2, 0) is 4.79 Å². The van der Waals surface area contributed by atoms with E-state index in [2.05, 4.69) is 42.5 Å². The molecule has 1 N–H and O–H groups in total. The number of benzene rings is 1. The van der Waals surface area contributed by atoms with Crippen molar-refractivity contribution in [2.45, 2.75) is 37.7 Å². The third kappa shape index (κ3) is 2.69. The molecule has 5 unspecified atom stereocenters. The van der Waals surface area contributed by atoms with E-state index in [-0.39, 0.29) is 18.4 Å². The van der Waals surface area contributed by atoms with E-state index in [0.717, 1.165) is 25.0 Å². The molecule has 3 heteroatoms. The summed E-state index contributed by atoms with van der Waals surface area (Å²) in [4.78, 5) is 11.0. The Morgan fingerprint density at radius 1 is 1.17 bits per heavy atom. The fourth-order valence-corrected chi connectivity index (χ4v) is 4.55. The van der Waals surface area contributed by atoms with Crippen molar-refractivity contribution in [1.29, 1.82) is 0 Å². The van der Waals surface area contributed by atoms with E-state index in [1.807, 2.05) is 6.07 Å². The number of hydrogen-bond acceptors (Lipinski definition) is 2. The van der Waals surface area contributed by atoms with Gasteiger partial charge >= 0.3 is 5.97 Å². The molecule has 120 valence electrons. The summed E-state index contributed by atoms with van der Waals surface area (Å²) in [5, 5.41) is 9.08. The maximum absolute atomic E-state index is 11.0. The number of para-hydroxylation sites is 1. The van der Waals surface area contributed by atoms with E-state index in [0.29, 0.717) is 17.8 Å². The average molecular weight is 310 g/mol. The lowest BCUT2D eigenvalue weighted by atomic mass is 9.68. The summed E-state index contributed by atoms with van der Waals surface area (Å²) in [7, 11) is 0. The minimum Gasteiger partial charge on any atom is -0.489 e. The molecule has 0 radical (unpaired) electrons. The standard InChI is InChI=1S/C20H22O3/c21-19(22)12-13-5-3-6-14(11-13)15-8-4-10-18-20(15)16-7-1-2-9-17(16)23-18/h1-4,6-9,13-15,18,20H,5,10-12H2,(H,21,22). The third-order valence-corrected chi connectivity index (χ3v) is 5.51. The van der Waals surface area contributed by atoms with Crippen LogP contribution in [0.25, 0.3) is 0 Å². The van der Waals surface area contributed by atoms with Gasteiger partial charge in [-0.1, -0.05) is 42.5 Å². The van der Waals surface area contributed by atoms with Gasteiger partial charge in [0.2, 0.25) is 0 Å². The van der Waals surface area contributed by atoms with Crippen molar-refractivity contribution in [3.8, 4) is 5.75 Å². The second-order valence-electron chi connectivity index (χ2n) is 6.99. The molecule has 1 aliphatic heterocycles. The highest BCUT2D eigenvalue weighted by Crippen LogP contribution is 2.50. The van der Waals surface area contributed by atoms with Gasteiger partial charge in [-0.25, -0.2) is 0 Å². The zero-order valence-corrected chi connectivity index (χ0v) is 13.1. The lowest BCUT2D eigenvalue weighted by molar-refractivity contribution is -0.138. The minimum atomic E-state index is -0.685. The summed E-state index contributed by atoms with van der Waals surface area (Å²) in [6, 6.07) is 8.37. The van der Waals surface area contributed by atoms with Crippen LogP contribution in [-0.4, -0.2) is 17.2 Å². The highest BCUT2D eigenvalue weighted by molar-refractivity contribution is 5.67. The normalized spacial score (nSPS) is 34.5. The Labute approximate surface area is 136 Å². The van der Waals surface area contributed by atoms with Gasteiger partial charge in [-0.15, -0.1) is 0 Å². The molecule has 0 bridgehead atoms. The lowest BCUT2D eigenvalue weighted by Gasteiger charge is -2.36. The van der Waals surface area contributed by atoms with Gasteiger partial charge in [-0.05, 0) is 36.7 Å². The number of fused-ring (bicyclic) bond motifs is 3. The molecule has 0 spiro atoms. The third-order valence-electron chi connectivity index (χ3n) is 5.51. The molecule has 1 heterocycles. The van der Waals surface area contributed by atoms with Crippen LogP contribution in [0.5, 0.6) is 5.75 Å². The van der Waals surface area contributed by atoms with Gasteiger partial charge in [0.05, 0.1) is 0 Å². The molecule has 23 heavy (non-hydrogen) atoms. The van der Waals surface area contributed by atoms with Gasteiger partial charge < -0.3 is 9.84 Å². The van der Waals surface area contributed by atoms with Crippen LogP contribution in [0.2, 0.25) is 0 Å². The Kier molecular flexibility index (Phi) is 3.72. The van der Waals surface area contributed by atoms with E-state index < -0.39 is 5.97 Å². The zero-order valence-electron chi connectivity index (χ0n) is 13.1. The van der Waals surface area contributed by atoms with E-state index in [1.165, 1.54) is 5.56 Å². The van der Waals surface area contributed by atoms with Crippen molar-refractivity contribution < 1.29 is 14.6 Å². The van der Waals surface area contributed by atoms with Crippen LogP contribution < -0.4 is 4.74 Å². The lowest BCUT2D eigenvalue weighted by Crippen LogP contribution is -2.32. The molecule has 3 aliphatic rings. The van der Waals surface area contributed by atoms with Crippen molar-refractivity contribution in [2.24, 2.45) is 17.8 Å². The van der Waals surface area contributed by atoms with Crippen molar-refractivity contribution in [3.05, 3.63) is 54.1 Å². The SMILES string of the molecule is O=C(O)CC1CC=CC(C2C=CCC3Oc4ccccc4C32)C1. The molecule has 2 aliphatic carbocycles. The van der Waals surface area contributed by atoms with Gasteiger partial charge in [0.15, 0.2) is 0 Å². The van der Waals surface area contributed by atoms with Crippen molar-refractivity contribution in [3.63, 3.8) is 0 Å². The second-order valence-corrected chi connectivity index (χ2v) is 6.99. The first kappa shape index (κ1) is 14.6. The molecule has 4 rings (SSSR count). The predicted molar refractivity (Wildman–Crippen MR) is 88.5 cm³/mol. The molecule has 3 nitrogen and oxygen atoms in total. The Morgan fingerprint density at radius 3 is 2.87 bits per heavy atom. The summed E-state index contributed by atoms with van der Waals surface area (Å²) < 4.78 is 6.15. The first-order chi connectivity index (χ1) is 11.2. The monoisotopic (exact) mass is 310 g/mol. The van der Waals surface area contributed by atoms with Crippen LogP contribution >= 0.6 is 0 Å². The van der Waals surface area contributed by atoms with Crippen LogP contribution in [0, 0.1) is 17.8 Å². The Balaban J connectivity index is 1.60. The fourth-order valence-electron chi connectivity index (χ4n) is 4.55. The number of ether oxygens (including phenoxy) is 1. The minimum absolute atomic E-state index is 0.232. The second kappa shape index (κ2) is 5.88. The number of carbonyl (C=O) groups is 1. The van der Waals surface area contributed by atoms with Crippen LogP contribution in [0.1, 0.15) is 37.2 Å². The number of hydrogen-bond donors (Lipinski definition) is 1. The summed E-state index contributed by atoms with van der Waals surface area (Å²) in [5.74, 6) is 1.81. The predicted octanol–water partition coefficient (Wildman–Crippen LogP) is 4.16. The van der Waals surface area contributed by atoms with Gasteiger partial charge in [0.1, 0.15) is 11.9 Å². The van der Waals surface area contributed by atoms with E-state index >= 15 is 0 Å². The quantitative estimate of drug-likeness (QED) is 0.853. The maximum Gasteiger partial charge on any atom is 0.303 e.